The Balaban J connectivity index is 1.69. The highest BCUT2D eigenvalue weighted by Gasteiger charge is 2.40. The van der Waals surface area contributed by atoms with Crippen LogP contribution in [-0.2, 0) is 0 Å². The Labute approximate surface area is 112 Å². The first-order valence-electron chi connectivity index (χ1n) is 6.76. The molecule has 0 spiro atoms. The maximum Gasteiger partial charge on any atom is 0.124 e. The summed E-state index contributed by atoms with van der Waals surface area (Å²) in [6, 6.07) is 4.25. The van der Waals surface area contributed by atoms with Gasteiger partial charge in [-0.3, -0.25) is 0 Å². The number of aliphatic hydroxyl groups is 1. The predicted octanol–water partition coefficient (Wildman–Crippen LogP) is 4.34. The number of hydrogen-bond donors (Lipinski definition) is 1. The van der Waals surface area contributed by atoms with Crippen LogP contribution < -0.4 is 0 Å². The third-order valence-corrected chi connectivity index (χ3v) is 5.06. The van der Waals surface area contributed by atoms with E-state index < -0.39 is 6.10 Å². The minimum atomic E-state index is -0.553. The molecule has 1 aromatic carbocycles. The van der Waals surface area contributed by atoms with E-state index in [1.54, 1.807) is 6.07 Å². The molecule has 1 N–H and O–H groups in total. The van der Waals surface area contributed by atoms with E-state index in [9.17, 15) is 9.50 Å². The van der Waals surface area contributed by atoms with E-state index in [4.69, 9.17) is 11.6 Å². The lowest BCUT2D eigenvalue weighted by atomic mass is 9.83. The van der Waals surface area contributed by atoms with Gasteiger partial charge in [0.15, 0.2) is 0 Å². The van der Waals surface area contributed by atoms with Crippen molar-refractivity contribution in [1.82, 2.24) is 0 Å². The Kier molecular flexibility index (Phi) is 3.33. The van der Waals surface area contributed by atoms with E-state index in [0.29, 0.717) is 16.5 Å². The lowest BCUT2D eigenvalue weighted by molar-refractivity contribution is 0.125. The first kappa shape index (κ1) is 12.4. The molecule has 0 heterocycles. The molecule has 3 heteroatoms. The average Bonchev–Trinajstić information content (AvgIpc) is 2.90. The number of rotatable bonds is 3. The third kappa shape index (κ3) is 2.28. The van der Waals surface area contributed by atoms with Gasteiger partial charge >= 0.3 is 0 Å². The Hall–Kier alpha value is -0.600. The van der Waals surface area contributed by atoms with Crippen LogP contribution in [0.4, 0.5) is 4.39 Å². The van der Waals surface area contributed by atoms with Crippen LogP contribution in [0.25, 0.3) is 0 Å². The maximum absolute atomic E-state index is 13.0. The smallest absolute Gasteiger partial charge is 0.124 e. The van der Waals surface area contributed by atoms with Crippen molar-refractivity contribution < 1.29 is 9.50 Å². The summed E-state index contributed by atoms with van der Waals surface area (Å²) in [7, 11) is 0. The Morgan fingerprint density at radius 3 is 2.78 bits per heavy atom. The molecule has 1 nitrogen and oxygen atoms in total. The maximum atomic E-state index is 13.0. The van der Waals surface area contributed by atoms with E-state index in [1.807, 2.05) is 0 Å². The van der Waals surface area contributed by atoms with Gasteiger partial charge in [-0.2, -0.15) is 0 Å². The average molecular weight is 269 g/mol. The summed E-state index contributed by atoms with van der Waals surface area (Å²) < 4.78 is 13.0. The van der Waals surface area contributed by atoms with Gasteiger partial charge in [-0.1, -0.05) is 24.1 Å². The van der Waals surface area contributed by atoms with Gasteiger partial charge < -0.3 is 5.11 Å². The second kappa shape index (κ2) is 4.82. The van der Waals surface area contributed by atoms with Gasteiger partial charge in [0, 0.05) is 5.02 Å². The molecule has 0 amide bonds. The van der Waals surface area contributed by atoms with Crippen molar-refractivity contribution in [3.8, 4) is 0 Å². The number of halogens is 2. The lowest BCUT2D eigenvalue weighted by Crippen LogP contribution is -2.14. The molecule has 4 unspecified atom stereocenters. The van der Waals surface area contributed by atoms with Crippen LogP contribution in [0.15, 0.2) is 18.2 Å². The summed E-state index contributed by atoms with van der Waals surface area (Å²) in [5.41, 5.74) is 0.667. The van der Waals surface area contributed by atoms with Crippen molar-refractivity contribution in [3.63, 3.8) is 0 Å². The van der Waals surface area contributed by atoms with E-state index in [1.165, 1.54) is 37.8 Å². The first-order chi connectivity index (χ1) is 8.63. The van der Waals surface area contributed by atoms with E-state index in [2.05, 4.69) is 0 Å². The van der Waals surface area contributed by atoms with Crippen LogP contribution in [0.2, 0.25) is 5.02 Å². The van der Waals surface area contributed by atoms with Gasteiger partial charge in [-0.15, -0.1) is 0 Å². The van der Waals surface area contributed by atoms with Crippen molar-refractivity contribution in [3.05, 3.63) is 34.6 Å². The number of fused-ring (bicyclic) bond motifs is 2. The molecule has 4 atom stereocenters. The van der Waals surface area contributed by atoms with Gasteiger partial charge in [0.1, 0.15) is 5.82 Å². The summed E-state index contributed by atoms with van der Waals surface area (Å²) in [6.45, 7) is 0. The fourth-order valence-electron chi connectivity index (χ4n) is 3.85. The molecule has 0 aliphatic heterocycles. The second-order valence-corrected chi connectivity index (χ2v) is 6.26. The molecule has 0 saturated heterocycles. The van der Waals surface area contributed by atoms with Gasteiger partial charge in [0.2, 0.25) is 0 Å². The van der Waals surface area contributed by atoms with Gasteiger partial charge in [-0.25, -0.2) is 4.39 Å². The van der Waals surface area contributed by atoms with E-state index in [0.717, 1.165) is 18.3 Å². The van der Waals surface area contributed by atoms with Crippen molar-refractivity contribution in [2.45, 2.75) is 38.2 Å². The molecule has 3 rings (SSSR count). The Morgan fingerprint density at radius 1 is 1.33 bits per heavy atom. The fourth-order valence-corrected chi connectivity index (χ4v) is 4.14. The summed E-state index contributed by atoms with van der Waals surface area (Å²) in [5, 5.41) is 10.6. The summed E-state index contributed by atoms with van der Waals surface area (Å²) in [4.78, 5) is 0. The minimum Gasteiger partial charge on any atom is -0.388 e. The zero-order chi connectivity index (χ0) is 12.7. The number of aliphatic hydroxyl groups excluding tert-OH is 1. The zero-order valence-electron chi connectivity index (χ0n) is 10.3. The quantitative estimate of drug-likeness (QED) is 0.865. The summed E-state index contributed by atoms with van der Waals surface area (Å²) in [5.74, 6) is 1.95. The van der Waals surface area contributed by atoms with Gasteiger partial charge in [0.25, 0.3) is 0 Å². The van der Waals surface area contributed by atoms with Crippen molar-refractivity contribution in [2.75, 3.05) is 0 Å². The molecular formula is C15H18ClFO. The van der Waals surface area contributed by atoms with Crippen LogP contribution >= 0.6 is 11.6 Å². The number of hydrogen-bond acceptors (Lipinski definition) is 1. The van der Waals surface area contributed by atoms with Crippen molar-refractivity contribution >= 4 is 11.6 Å². The van der Waals surface area contributed by atoms with E-state index >= 15 is 0 Å². The highest BCUT2D eigenvalue weighted by atomic mass is 35.5. The van der Waals surface area contributed by atoms with Crippen LogP contribution in [-0.4, -0.2) is 5.11 Å². The minimum absolute atomic E-state index is 0.339. The molecule has 18 heavy (non-hydrogen) atoms. The van der Waals surface area contributed by atoms with Gasteiger partial charge in [-0.05, 0) is 61.1 Å². The van der Waals surface area contributed by atoms with Crippen LogP contribution in [0.5, 0.6) is 0 Å². The third-order valence-electron chi connectivity index (χ3n) is 4.73. The van der Waals surface area contributed by atoms with Crippen LogP contribution in [0.1, 0.15) is 43.8 Å². The second-order valence-electron chi connectivity index (χ2n) is 5.85. The normalized spacial score (nSPS) is 31.8. The molecule has 1 aromatic rings. The van der Waals surface area contributed by atoms with E-state index in [-0.39, 0.29) is 5.82 Å². The molecule has 0 radical (unpaired) electrons. The highest BCUT2D eigenvalue weighted by molar-refractivity contribution is 6.31. The topological polar surface area (TPSA) is 20.2 Å². The monoisotopic (exact) mass is 268 g/mol. The van der Waals surface area contributed by atoms with Crippen LogP contribution in [0, 0.1) is 23.6 Å². The first-order valence-corrected chi connectivity index (χ1v) is 7.14. The predicted molar refractivity (Wildman–Crippen MR) is 69.9 cm³/mol. The number of benzene rings is 1. The summed E-state index contributed by atoms with van der Waals surface area (Å²) >= 11 is 5.99. The molecule has 0 aromatic heterocycles. The molecule has 2 aliphatic carbocycles. The molecule has 2 aliphatic rings. The van der Waals surface area contributed by atoms with Gasteiger partial charge in [0.05, 0.1) is 6.10 Å². The van der Waals surface area contributed by atoms with Crippen molar-refractivity contribution in [2.24, 2.45) is 17.8 Å². The molecule has 2 bridgehead atoms. The molecule has 2 saturated carbocycles. The summed E-state index contributed by atoms with van der Waals surface area (Å²) in [6.07, 6.45) is 5.50. The molecular weight excluding hydrogens is 251 g/mol. The van der Waals surface area contributed by atoms with Crippen LogP contribution in [0.3, 0.4) is 0 Å². The zero-order valence-corrected chi connectivity index (χ0v) is 11.0. The van der Waals surface area contributed by atoms with Crippen molar-refractivity contribution in [1.29, 1.82) is 0 Å². The fraction of sp³-hybridized carbons (Fsp3) is 0.600. The standard InChI is InChI=1S/C15H18ClFO/c16-14-8-12(17)3-4-13(14)15(18)7-11-6-9-1-2-10(11)5-9/h3-4,8-11,15,18H,1-2,5-7H2. The SMILES string of the molecule is OC(CC1CC2CCC1C2)c1ccc(F)cc1Cl. The molecule has 98 valence electrons. The lowest BCUT2D eigenvalue weighted by Gasteiger charge is -2.24. The molecule has 2 fully saturated rings. The Bertz CT molecular complexity index is 448. The highest BCUT2D eigenvalue weighted by Crippen LogP contribution is 2.51. The Morgan fingerprint density at radius 2 is 2.17 bits per heavy atom. The largest absolute Gasteiger partial charge is 0.388 e.